The number of ether oxygens (including phenoxy) is 1. The molecule has 2 atom stereocenters. The Balaban J connectivity index is 1.95. The number of rotatable bonds is 4. The van der Waals surface area contributed by atoms with Gasteiger partial charge in [-0.3, -0.25) is 0 Å². The van der Waals surface area contributed by atoms with Crippen LogP contribution in [0.2, 0.25) is 0 Å². The van der Waals surface area contributed by atoms with Gasteiger partial charge in [-0.05, 0) is 43.7 Å². The quantitative estimate of drug-likeness (QED) is 0.921. The van der Waals surface area contributed by atoms with Crippen LogP contribution in [0.15, 0.2) is 24.3 Å². The Morgan fingerprint density at radius 1 is 1.19 bits per heavy atom. The predicted octanol–water partition coefficient (Wildman–Crippen LogP) is 4.02. The van der Waals surface area contributed by atoms with Crippen molar-refractivity contribution in [1.29, 1.82) is 0 Å². The van der Waals surface area contributed by atoms with Gasteiger partial charge >= 0.3 is 0 Å². The second-order valence-electron chi connectivity index (χ2n) is 5.73. The van der Waals surface area contributed by atoms with Crippen LogP contribution in [0.4, 0.5) is 5.95 Å². The number of nitrogens with one attached hydrogen (secondary N) is 1. The lowest BCUT2D eigenvalue weighted by atomic mass is 9.85. The van der Waals surface area contributed by atoms with Crippen molar-refractivity contribution < 1.29 is 4.74 Å². The Hall–Kier alpha value is -1.84. The lowest BCUT2D eigenvalue weighted by Gasteiger charge is -2.31. The van der Waals surface area contributed by atoms with Gasteiger partial charge in [0.25, 0.3) is 0 Å². The standard InChI is InChI=1S/C17H23N3O/c1-3-12-8-4-7-11-15(12)21-16-13-9-5-6-10-14(13)19-17(18-2)20-16/h5-6,9-10,12,15H,3-4,7-8,11H2,1-2H3,(H,18,19,20). The highest BCUT2D eigenvalue weighted by Gasteiger charge is 2.26. The van der Waals surface area contributed by atoms with Crippen molar-refractivity contribution in [1.82, 2.24) is 9.97 Å². The van der Waals surface area contributed by atoms with Gasteiger partial charge in [-0.25, -0.2) is 4.98 Å². The molecule has 1 heterocycles. The van der Waals surface area contributed by atoms with Gasteiger partial charge in [0.15, 0.2) is 0 Å². The first-order valence-corrected chi connectivity index (χ1v) is 7.93. The minimum absolute atomic E-state index is 0.284. The van der Waals surface area contributed by atoms with Crippen molar-refractivity contribution in [2.45, 2.75) is 45.1 Å². The summed E-state index contributed by atoms with van der Waals surface area (Å²) in [6.45, 7) is 2.25. The van der Waals surface area contributed by atoms with E-state index in [2.05, 4.69) is 22.2 Å². The second kappa shape index (κ2) is 6.29. The molecule has 1 aromatic heterocycles. The maximum absolute atomic E-state index is 6.32. The molecule has 1 N–H and O–H groups in total. The Morgan fingerprint density at radius 3 is 2.81 bits per heavy atom. The number of aromatic nitrogens is 2. The molecule has 21 heavy (non-hydrogen) atoms. The Bertz CT molecular complexity index is 614. The third kappa shape index (κ3) is 2.94. The molecule has 0 bridgehead atoms. The number of fused-ring (bicyclic) bond motifs is 1. The van der Waals surface area contributed by atoms with E-state index in [1.807, 2.05) is 31.3 Å². The molecule has 0 saturated heterocycles. The van der Waals surface area contributed by atoms with Gasteiger partial charge in [0, 0.05) is 7.05 Å². The summed E-state index contributed by atoms with van der Waals surface area (Å²) in [6, 6.07) is 8.04. The second-order valence-corrected chi connectivity index (χ2v) is 5.73. The van der Waals surface area contributed by atoms with Gasteiger partial charge in [0.1, 0.15) is 6.10 Å². The average molecular weight is 285 g/mol. The average Bonchev–Trinajstić information content (AvgIpc) is 2.55. The van der Waals surface area contributed by atoms with Crippen LogP contribution in [0.25, 0.3) is 10.9 Å². The van der Waals surface area contributed by atoms with Gasteiger partial charge in [0.05, 0.1) is 10.9 Å². The fraction of sp³-hybridized carbons (Fsp3) is 0.529. The van der Waals surface area contributed by atoms with Gasteiger partial charge in [0.2, 0.25) is 11.8 Å². The minimum Gasteiger partial charge on any atom is -0.473 e. The highest BCUT2D eigenvalue weighted by molar-refractivity contribution is 5.84. The maximum Gasteiger partial charge on any atom is 0.226 e. The number of nitrogens with zero attached hydrogens (tertiary/aromatic N) is 2. The zero-order valence-corrected chi connectivity index (χ0v) is 12.8. The fourth-order valence-corrected chi connectivity index (χ4v) is 3.19. The first-order valence-electron chi connectivity index (χ1n) is 7.93. The van der Waals surface area contributed by atoms with Crippen molar-refractivity contribution >= 4 is 16.9 Å². The molecular formula is C17H23N3O. The molecule has 1 aliphatic rings. The van der Waals surface area contributed by atoms with E-state index in [1.54, 1.807) is 0 Å². The van der Waals surface area contributed by atoms with Crippen LogP contribution in [0, 0.1) is 5.92 Å². The molecule has 4 heteroatoms. The molecule has 2 unspecified atom stereocenters. The van der Waals surface area contributed by atoms with E-state index in [0.717, 1.165) is 23.2 Å². The lowest BCUT2D eigenvalue weighted by Crippen LogP contribution is -2.30. The highest BCUT2D eigenvalue weighted by atomic mass is 16.5. The summed E-state index contributed by atoms with van der Waals surface area (Å²) in [4.78, 5) is 9.02. The van der Waals surface area contributed by atoms with Gasteiger partial charge < -0.3 is 10.1 Å². The molecule has 1 aromatic carbocycles. The molecule has 0 radical (unpaired) electrons. The maximum atomic E-state index is 6.32. The monoisotopic (exact) mass is 285 g/mol. The van der Waals surface area contributed by atoms with Crippen molar-refractivity contribution in [2.75, 3.05) is 12.4 Å². The summed E-state index contributed by atoms with van der Waals surface area (Å²) in [7, 11) is 1.84. The first-order chi connectivity index (χ1) is 10.3. The minimum atomic E-state index is 0.284. The van der Waals surface area contributed by atoms with Crippen LogP contribution in [0.5, 0.6) is 5.88 Å². The van der Waals surface area contributed by atoms with Crippen molar-refractivity contribution in [3.05, 3.63) is 24.3 Å². The first kappa shape index (κ1) is 14.1. The van der Waals surface area contributed by atoms with Crippen LogP contribution in [-0.4, -0.2) is 23.1 Å². The van der Waals surface area contributed by atoms with Crippen LogP contribution in [0.1, 0.15) is 39.0 Å². The topological polar surface area (TPSA) is 47.0 Å². The highest BCUT2D eigenvalue weighted by Crippen LogP contribution is 2.32. The largest absolute Gasteiger partial charge is 0.473 e. The lowest BCUT2D eigenvalue weighted by molar-refractivity contribution is 0.0876. The van der Waals surface area contributed by atoms with E-state index in [0.29, 0.717) is 11.9 Å². The van der Waals surface area contributed by atoms with E-state index in [4.69, 9.17) is 4.74 Å². The SMILES string of the molecule is CCC1CCCCC1Oc1nc(NC)nc2ccccc12. The van der Waals surface area contributed by atoms with Gasteiger partial charge in [-0.2, -0.15) is 4.98 Å². The van der Waals surface area contributed by atoms with Crippen molar-refractivity contribution in [3.63, 3.8) is 0 Å². The van der Waals surface area contributed by atoms with Crippen LogP contribution in [0.3, 0.4) is 0 Å². The van der Waals surface area contributed by atoms with Crippen molar-refractivity contribution in [2.24, 2.45) is 5.92 Å². The molecule has 2 aromatic rings. The molecule has 1 fully saturated rings. The van der Waals surface area contributed by atoms with Crippen LogP contribution >= 0.6 is 0 Å². The number of para-hydroxylation sites is 1. The Morgan fingerprint density at radius 2 is 2.00 bits per heavy atom. The molecule has 112 valence electrons. The predicted molar refractivity (Wildman–Crippen MR) is 85.7 cm³/mol. The summed E-state index contributed by atoms with van der Waals surface area (Å²) in [6.07, 6.45) is 6.43. The van der Waals surface area contributed by atoms with Gasteiger partial charge in [-0.1, -0.05) is 25.5 Å². The van der Waals surface area contributed by atoms with E-state index in [1.165, 1.54) is 25.7 Å². The van der Waals surface area contributed by atoms with E-state index in [-0.39, 0.29) is 6.10 Å². The van der Waals surface area contributed by atoms with E-state index >= 15 is 0 Å². The zero-order valence-electron chi connectivity index (χ0n) is 12.8. The smallest absolute Gasteiger partial charge is 0.226 e. The van der Waals surface area contributed by atoms with Crippen LogP contribution < -0.4 is 10.1 Å². The summed E-state index contributed by atoms with van der Waals surface area (Å²) < 4.78 is 6.32. The summed E-state index contributed by atoms with van der Waals surface area (Å²) in [5, 5.41) is 4.02. The fourth-order valence-electron chi connectivity index (χ4n) is 3.19. The van der Waals surface area contributed by atoms with Crippen LogP contribution in [-0.2, 0) is 0 Å². The number of anilines is 1. The number of hydrogen-bond acceptors (Lipinski definition) is 4. The third-order valence-corrected chi connectivity index (χ3v) is 4.42. The molecule has 1 saturated carbocycles. The van der Waals surface area contributed by atoms with Crippen molar-refractivity contribution in [3.8, 4) is 5.88 Å². The normalized spacial score (nSPS) is 22.2. The summed E-state index contributed by atoms with van der Waals surface area (Å²) in [5.41, 5.74) is 0.927. The van der Waals surface area contributed by atoms with E-state index in [9.17, 15) is 0 Å². The third-order valence-electron chi connectivity index (χ3n) is 4.42. The molecule has 4 nitrogen and oxygen atoms in total. The number of hydrogen-bond donors (Lipinski definition) is 1. The molecule has 1 aliphatic carbocycles. The Kier molecular flexibility index (Phi) is 4.23. The molecular weight excluding hydrogens is 262 g/mol. The molecule has 0 amide bonds. The summed E-state index contributed by atoms with van der Waals surface area (Å²) >= 11 is 0. The number of benzene rings is 1. The molecule has 3 rings (SSSR count). The molecule has 0 aliphatic heterocycles. The van der Waals surface area contributed by atoms with E-state index < -0.39 is 0 Å². The summed E-state index contributed by atoms with van der Waals surface area (Å²) in [5.74, 6) is 1.98. The van der Waals surface area contributed by atoms with Gasteiger partial charge in [-0.15, -0.1) is 0 Å². The zero-order chi connectivity index (χ0) is 14.7. The Labute approximate surface area is 125 Å². The molecule has 0 spiro atoms.